The summed E-state index contributed by atoms with van der Waals surface area (Å²) in [5.41, 5.74) is 1.05. The van der Waals surface area contributed by atoms with Gasteiger partial charge < -0.3 is 10.1 Å². The number of aromatic nitrogens is 1. The van der Waals surface area contributed by atoms with E-state index < -0.39 is 0 Å². The predicted octanol–water partition coefficient (Wildman–Crippen LogP) is 2.45. The van der Waals surface area contributed by atoms with Crippen LogP contribution in [0.5, 0.6) is 5.75 Å². The fourth-order valence-corrected chi connectivity index (χ4v) is 2.60. The molecule has 4 nitrogen and oxygen atoms in total. The summed E-state index contributed by atoms with van der Waals surface area (Å²) >= 11 is 1.42. The molecule has 0 fully saturated rings. The topological polar surface area (TPSA) is 51.2 Å². The van der Waals surface area contributed by atoms with E-state index in [2.05, 4.69) is 10.3 Å². The molecule has 1 aromatic heterocycles. The Balaban J connectivity index is 1.79. The van der Waals surface area contributed by atoms with Gasteiger partial charge in [0.25, 0.3) is 5.91 Å². The summed E-state index contributed by atoms with van der Waals surface area (Å²) < 4.78 is 18.6. The van der Waals surface area contributed by atoms with Crippen molar-refractivity contribution < 1.29 is 13.9 Å². The molecule has 0 saturated heterocycles. The number of halogens is 1. The molecule has 6 heteroatoms. The maximum Gasteiger partial charge on any atom is 0.271 e. The molecular weight excluding hydrogens is 267 g/mol. The van der Waals surface area contributed by atoms with Gasteiger partial charge in [-0.3, -0.25) is 4.79 Å². The van der Waals surface area contributed by atoms with Crippen molar-refractivity contribution in [2.24, 2.45) is 0 Å². The minimum absolute atomic E-state index is 0.268. The van der Waals surface area contributed by atoms with Crippen molar-refractivity contribution in [2.45, 2.75) is 13.0 Å². The minimum atomic E-state index is -0.340. The summed E-state index contributed by atoms with van der Waals surface area (Å²) in [6.45, 7) is 2.15. The van der Waals surface area contributed by atoms with Gasteiger partial charge >= 0.3 is 0 Å². The third-order valence-electron chi connectivity index (χ3n) is 2.91. The van der Waals surface area contributed by atoms with Crippen LogP contribution in [0.2, 0.25) is 0 Å². The Labute approximate surface area is 113 Å². The Morgan fingerprint density at radius 2 is 2.42 bits per heavy atom. The molecular formula is C13H11FN2O2S. The Kier molecular flexibility index (Phi) is 2.94. The highest BCUT2D eigenvalue weighted by atomic mass is 32.1. The summed E-state index contributed by atoms with van der Waals surface area (Å²) in [5.74, 6) is 0.00391. The van der Waals surface area contributed by atoms with E-state index in [9.17, 15) is 9.18 Å². The molecule has 2 aromatic rings. The molecule has 1 N–H and O–H groups in total. The average molecular weight is 278 g/mol. The first-order valence-electron chi connectivity index (χ1n) is 5.79. The van der Waals surface area contributed by atoms with Crippen LogP contribution in [0.3, 0.4) is 0 Å². The second-order valence-electron chi connectivity index (χ2n) is 4.27. The van der Waals surface area contributed by atoms with Gasteiger partial charge in [0.1, 0.15) is 23.9 Å². The second kappa shape index (κ2) is 4.62. The Bertz CT molecular complexity index is 641. The van der Waals surface area contributed by atoms with E-state index in [0.717, 1.165) is 5.01 Å². The molecule has 1 aliphatic rings. The molecule has 3 rings (SSSR count). The second-order valence-corrected chi connectivity index (χ2v) is 5.33. The number of carbonyl (C=O) groups is 1. The van der Waals surface area contributed by atoms with Gasteiger partial charge in [-0.05, 0) is 25.1 Å². The summed E-state index contributed by atoms with van der Waals surface area (Å²) in [6, 6.07) is 3.97. The van der Waals surface area contributed by atoms with Crippen molar-refractivity contribution in [2.75, 3.05) is 6.61 Å². The van der Waals surface area contributed by atoms with Gasteiger partial charge in [0, 0.05) is 10.9 Å². The molecule has 2 heterocycles. The number of rotatable bonds is 2. The lowest BCUT2D eigenvalue weighted by Crippen LogP contribution is -2.29. The van der Waals surface area contributed by atoms with Crippen LogP contribution in [0.1, 0.15) is 27.1 Å². The van der Waals surface area contributed by atoms with Crippen molar-refractivity contribution >= 4 is 17.2 Å². The summed E-state index contributed by atoms with van der Waals surface area (Å²) in [4.78, 5) is 16.1. The van der Waals surface area contributed by atoms with Gasteiger partial charge in [-0.2, -0.15) is 0 Å². The number of benzene rings is 1. The third kappa shape index (κ3) is 2.31. The highest BCUT2D eigenvalue weighted by molar-refractivity contribution is 7.09. The number of nitrogens with zero attached hydrogens (tertiary/aromatic N) is 1. The maximum atomic E-state index is 13.2. The largest absolute Gasteiger partial charge is 0.491 e. The van der Waals surface area contributed by atoms with Crippen molar-refractivity contribution in [1.82, 2.24) is 10.3 Å². The molecule has 19 heavy (non-hydrogen) atoms. The quantitative estimate of drug-likeness (QED) is 0.918. The lowest BCUT2D eigenvalue weighted by Gasteiger charge is -2.10. The number of carbonyl (C=O) groups excluding carboxylic acids is 1. The van der Waals surface area contributed by atoms with Crippen LogP contribution >= 0.6 is 11.3 Å². The Morgan fingerprint density at radius 1 is 1.58 bits per heavy atom. The molecule has 0 radical (unpaired) electrons. The van der Waals surface area contributed by atoms with Crippen LogP contribution in [0.25, 0.3) is 0 Å². The lowest BCUT2D eigenvalue weighted by molar-refractivity contribution is 0.0926. The smallest absolute Gasteiger partial charge is 0.271 e. The number of thiazole rings is 1. The number of hydrogen-bond donors (Lipinski definition) is 1. The molecule has 0 bridgehead atoms. The van der Waals surface area contributed by atoms with Crippen LogP contribution in [-0.4, -0.2) is 17.5 Å². The molecule has 1 unspecified atom stereocenters. The van der Waals surface area contributed by atoms with E-state index >= 15 is 0 Å². The summed E-state index contributed by atoms with van der Waals surface area (Å²) in [6.07, 6.45) is 0. The summed E-state index contributed by atoms with van der Waals surface area (Å²) in [5, 5.41) is 5.34. The van der Waals surface area contributed by atoms with E-state index in [4.69, 9.17) is 4.74 Å². The van der Waals surface area contributed by atoms with Gasteiger partial charge in [0.05, 0.1) is 11.0 Å². The molecule has 1 amide bonds. The van der Waals surface area contributed by atoms with Crippen LogP contribution < -0.4 is 10.1 Å². The van der Waals surface area contributed by atoms with Gasteiger partial charge in [-0.15, -0.1) is 11.3 Å². The SMILES string of the molecule is Cc1nc(C(=O)NC2COc3ccc(F)cc32)cs1. The fourth-order valence-electron chi connectivity index (χ4n) is 2.01. The van der Waals surface area contributed by atoms with E-state index in [-0.39, 0.29) is 17.8 Å². The van der Waals surface area contributed by atoms with Gasteiger partial charge in [0.15, 0.2) is 0 Å². The molecule has 0 saturated carbocycles. The predicted molar refractivity (Wildman–Crippen MR) is 69.0 cm³/mol. The van der Waals surface area contributed by atoms with Gasteiger partial charge in [-0.1, -0.05) is 0 Å². The number of fused-ring (bicyclic) bond motifs is 1. The highest BCUT2D eigenvalue weighted by Crippen LogP contribution is 2.32. The zero-order chi connectivity index (χ0) is 13.4. The van der Waals surface area contributed by atoms with E-state index in [1.165, 1.54) is 23.5 Å². The highest BCUT2D eigenvalue weighted by Gasteiger charge is 2.27. The van der Waals surface area contributed by atoms with E-state index in [1.807, 2.05) is 6.92 Å². The fraction of sp³-hybridized carbons (Fsp3) is 0.231. The molecule has 1 atom stereocenters. The van der Waals surface area contributed by atoms with Crippen molar-refractivity contribution in [3.63, 3.8) is 0 Å². The number of aryl methyl sites for hydroxylation is 1. The maximum absolute atomic E-state index is 13.2. The molecule has 1 aromatic carbocycles. The first kappa shape index (κ1) is 12.1. The van der Waals surface area contributed by atoms with Gasteiger partial charge in [0.2, 0.25) is 0 Å². The van der Waals surface area contributed by atoms with Gasteiger partial charge in [-0.25, -0.2) is 9.37 Å². The van der Waals surface area contributed by atoms with Crippen LogP contribution in [0.15, 0.2) is 23.6 Å². The van der Waals surface area contributed by atoms with Crippen LogP contribution in [-0.2, 0) is 0 Å². The van der Waals surface area contributed by atoms with E-state index in [1.54, 1.807) is 11.4 Å². The third-order valence-corrected chi connectivity index (χ3v) is 3.68. The zero-order valence-electron chi connectivity index (χ0n) is 10.1. The molecule has 98 valence electrons. The number of hydrogen-bond acceptors (Lipinski definition) is 4. The molecule has 0 spiro atoms. The minimum Gasteiger partial charge on any atom is -0.491 e. The number of ether oxygens (including phenoxy) is 1. The Morgan fingerprint density at radius 3 is 3.16 bits per heavy atom. The standard InChI is InChI=1S/C13H11FN2O2S/c1-7-15-11(6-19-7)13(17)16-10-5-18-12-3-2-8(14)4-9(10)12/h2-4,6,10H,5H2,1H3,(H,16,17). The van der Waals surface area contributed by atoms with Crippen molar-refractivity contribution in [3.05, 3.63) is 45.7 Å². The normalized spacial score (nSPS) is 16.8. The van der Waals surface area contributed by atoms with Crippen LogP contribution in [0.4, 0.5) is 4.39 Å². The van der Waals surface area contributed by atoms with Crippen LogP contribution in [0, 0.1) is 12.7 Å². The molecule has 0 aliphatic carbocycles. The van der Waals surface area contributed by atoms with Crippen molar-refractivity contribution in [1.29, 1.82) is 0 Å². The first-order valence-corrected chi connectivity index (χ1v) is 6.66. The Hall–Kier alpha value is -1.95. The van der Waals surface area contributed by atoms with E-state index in [0.29, 0.717) is 23.6 Å². The van der Waals surface area contributed by atoms with Crippen molar-refractivity contribution in [3.8, 4) is 5.75 Å². The lowest BCUT2D eigenvalue weighted by atomic mass is 10.1. The first-order chi connectivity index (χ1) is 9.13. The number of nitrogens with one attached hydrogen (secondary N) is 1. The number of amides is 1. The zero-order valence-corrected chi connectivity index (χ0v) is 11.0. The molecule has 1 aliphatic heterocycles. The monoisotopic (exact) mass is 278 g/mol. The average Bonchev–Trinajstić information content (AvgIpc) is 2.97. The summed E-state index contributed by atoms with van der Waals surface area (Å²) in [7, 11) is 0.